The molecule has 1 nitrogen and oxygen atoms in total. The summed E-state index contributed by atoms with van der Waals surface area (Å²) in [6.07, 6.45) is 1.06. The maximum absolute atomic E-state index is 12.0. The van der Waals surface area contributed by atoms with E-state index < -0.39 is 5.51 Å². The molecule has 1 N–H and O–H groups in total. The van der Waals surface area contributed by atoms with Crippen molar-refractivity contribution in [3.8, 4) is 0 Å². The Morgan fingerprint density at radius 2 is 1.75 bits per heavy atom. The lowest BCUT2D eigenvalue weighted by Gasteiger charge is -2.28. The first kappa shape index (κ1) is 13.7. The van der Waals surface area contributed by atoms with Crippen LogP contribution in [0.15, 0.2) is 29.2 Å². The van der Waals surface area contributed by atoms with Crippen LogP contribution in [0.25, 0.3) is 0 Å². The van der Waals surface area contributed by atoms with Crippen LogP contribution in [0.5, 0.6) is 0 Å². The van der Waals surface area contributed by atoms with E-state index in [0.717, 1.165) is 18.5 Å². The van der Waals surface area contributed by atoms with Crippen molar-refractivity contribution in [3.63, 3.8) is 0 Å². The Kier molecular flexibility index (Phi) is 4.52. The van der Waals surface area contributed by atoms with Crippen LogP contribution in [-0.2, 0) is 0 Å². The van der Waals surface area contributed by atoms with E-state index in [1.807, 2.05) is 0 Å². The molecule has 1 aliphatic heterocycles. The van der Waals surface area contributed by atoms with Gasteiger partial charge in [0.1, 0.15) is 0 Å². The van der Waals surface area contributed by atoms with Crippen LogP contribution in [0.4, 0.5) is 13.2 Å². The minimum absolute atomic E-state index is 0. The molecule has 0 bridgehead atoms. The van der Waals surface area contributed by atoms with Gasteiger partial charge in [0, 0.05) is 10.9 Å². The average molecular weight is 270 g/mol. The van der Waals surface area contributed by atoms with Crippen LogP contribution < -0.4 is 5.32 Å². The summed E-state index contributed by atoms with van der Waals surface area (Å²) < 4.78 is 36.1. The number of alkyl halides is 3. The van der Waals surface area contributed by atoms with E-state index in [1.165, 1.54) is 12.1 Å². The SMILES string of the molecule is Cl.FC(F)(F)Sc1ccc([C@H]2CCN2)cc1. The Morgan fingerprint density at radius 3 is 2.12 bits per heavy atom. The van der Waals surface area contributed by atoms with Crippen molar-refractivity contribution in [2.24, 2.45) is 0 Å². The number of nitrogens with one attached hydrogen (secondary N) is 1. The molecule has 90 valence electrons. The molecule has 1 fully saturated rings. The molecule has 1 heterocycles. The molecule has 0 saturated carbocycles. The molecule has 1 aliphatic rings. The highest BCUT2D eigenvalue weighted by Crippen LogP contribution is 2.37. The van der Waals surface area contributed by atoms with Crippen LogP contribution >= 0.6 is 24.2 Å². The van der Waals surface area contributed by atoms with Crippen molar-refractivity contribution in [1.29, 1.82) is 0 Å². The van der Waals surface area contributed by atoms with Crippen LogP contribution in [0, 0.1) is 0 Å². The van der Waals surface area contributed by atoms with Gasteiger partial charge in [-0.2, -0.15) is 13.2 Å². The van der Waals surface area contributed by atoms with Gasteiger partial charge in [-0.05, 0) is 42.4 Å². The summed E-state index contributed by atoms with van der Waals surface area (Å²) in [5.41, 5.74) is -3.14. The third-order valence-corrected chi connectivity index (χ3v) is 3.08. The van der Waals surface area contributed by atoms with Crippen molar-refractivity contribution in [2.75, 3.05) is 6.54 Å². The first-order chi connectivity index (χ1) is 7.04. The highest BCUT2D eigenvalue weighted by Gasteiger charge is 2.29. The zero-order valence-corrected chi connectivity index (χ0v) is 9.88. The molecule has 1 saturated heterocycles. The fourth-order valence-electron chi connectivity index (χ4n) is 1.48. The summed E-state index contributed by atoms with van der Waals surface area (Å²) in [5.74, 6) is 0. The Morgan fingerprint density at radius 1 is 1.19 bits per heavy atom. The summed E-state index contributed by atoms with van der Waals surface area (Å²) in [6, 6.07) is 6.88. The highest BCUT2D eigenvalue weighted by atomic mass is 35.5. The third kappa shape index (κ3) is 3.57. The lowest BCUT2D eigenvalue weighted by Crippen LogP contribution is -2.34. The van der Waals surface area contributed by atoms with E-state index in [-0.39, 0.29) is 29.1 Å². The zero-order valence-electron chi connectivity index (χ0n) is 8.25. The minimum Gasteiger partial charge on any atom is -0.310 e. The van der Waals surface area contributed by atoms with E-state index in [2.05, 4.69) is 5.32 Å². The predicted octanol–water partition coefficient (Wildman–Crippen LogP) is 3.75. The van der Waals surface area contributed by atoms with Gasteiger partial charge >= 0.3 is 5.51 Å². The van der Waals surface area contributed by atoms with Gasteiger partial charge in [-0.3, -0.25) is 0 Å². The monoisotopic (exact) mass is 269 g/mol. The van der Waals surface area contributed by atoms with E-state index in [1.54, 1.807) is 12.1 Å². The second-order valence-corrected chi connectivity index (χ2v) is 4.55. The lowest BCUT2D eigenvalue weighted by atomic mass is 9.98. The highest BCUT2D eigenvalue weighted by molar-refractivity contribution is 8.00. The third-order valence-electron chi connectivity index (χ3n) is 2.34. The molecular formula is C10H11ClF3NS. The second-order valence-electron chi connectivity index (χ2n) is 3.41. The molecule has 0 amide bonds. The lowest BCUT2D eigenvalue weighted by molar-refractivity contribution is -0.0328. The molecule has 1 aromatic carbocycles. The number of hydrogen-bond acceptors (Lipinski definition) is 2. The van der Waals surface area contributed by atoms with E-state index in [0.29, 0.717) is 6.04 Å². The van der Waals surface area contributed by atoms with Crippen LogP contribution in [0.2, 0.25) is 0 Å². The van der Waals surface area contributed by atoms with E-state index >= 15 is 0 Å². The Labute approximate surface area is 102 Å². The Bertz CT molecular complexity index is 335. The van der Waals surface area contributed by atoms with Gasteiger partial charge in [0.25, 0.3) is 0 Å². The first-order valence-electron chi connectivity index (χ1n) is 4.64. The number of thioether (sulfide) groups is 1. The fraction of sp³-hybridized carbons (Fsp3) is 0.400. The minimum atomic E-state index is -4.20. The molecule has 0 aromatic heterocycles. The standard InChI is InChI=1S/C10H10F3NS.ClH/c11-10(12,13)15-8-3-1-7(2-4-8)9-5-6-14-9;/h1-4,9,14H,5-6H2;1H/t9-;/m1./s1. The molecule has 0 spiro atoms. The number of rotatable bonds is 2. The molecule has 16 heavy (non-hydrogen) atoms. The van der Waals surface area contributed by atoms with Gasteiger partial charge in [-0.1, -0.05) is 12.1 Å². The van der Waals surface area contributed by atoms with Gasteiger partial charge in [-0.25, -0.2) is 0 Å². The zero-order chi connectivity index (χ0) is 10.9. The average Bonchev–Trinajstić information content (AvgIpc) is 2.02. The number of halogens is 4. The van der Waals surface area contributed by atoms with Crippen LogP contribution in [-0.4, -0.2) is 12.1 Å². The largest absolute Gasteiger partial charge is 0.446 e. The second kappa shape index (κ2) is 5.29. The normalized spacial score (nSPS) is 19.8. The molecule has 6 heteroatoms. The molecule has 2 rings (SSSR count). The Hall–Kier alpha value is -0.390. The van der Waals surface area contributed by atoms with Gasteiger partial charge < -0.3 is 5.32 Å². The summed E-state index contributed by atoms with van der Waals surface area (Å²) in [5, 5.41) is 3.20. The topological polar surface area (TPSA) is 12.0 Å². The van der Waals surface area contributed by atoms with Crippen molar-refractivity contribution >= 4 is 24.2 Å². The predicted molar refractivity (Wildman–Crippen MR) is 61.0 cm³/mol. The molecular weight excluding hydrogens is 259 g/mol. The molecule has 1 aromatic rings. The van der Waals surface area contributed by atoms with Crippen molar-refractivity contribution in [3.05, 3.63) is 29.8 Å². The molecule has 0 aliphatic carbocycles. The van der Waals surface area contributed by atoms with Gasteiger partial charge in [0.15, 0.2) is 0 Å². The molecule has 0 radical (unpaired) electrons. The van der Waals surface area contributed by atoms with Gasteiger partial charge in [-0.15, -0.1) is 12.4 Å². The van der Waals surface area contributed by atoms with E-state index in [4.69, 9.17) is 0 Å². The summed E-state index contributed by atoms with van der Waals surface area (Å²) in [4.78, 5) is 0.241. The van der Waals surface area contributed by atoms with Crippen molar-refractivity contribution < 1.29 is 13.2 Å². The van der Waals surface area contributed by atoms with Crippen molar-refractivity contribution in [1.82, 2.24) is 5.32 Å². The maximum Gasteiger partial charge on any atom is 0.446 e. The number of benzene rings is 1. The number of hydrogen-bond donors (Lipinski definition) is 1. The summed E-state index contributed by atoms with van der Waals surface area (Å²) in [6.45, 7) is 0.990. The quantitative estimate of drug-likeness (QED) is 0.821. The molecule has 1 atom stereocenters. The van der Waals surface area contributed by atoms with Crippen LogP contribution in [0.3, 0.4) is 0 Å². The smallest absolute Gasteiger partial charge is 0.310 e. The van der Waals surface area contributed by atoms with E-state index in [9.17, 15) is 13.2 Å². The Balaban J connectivity index is 0.00000128. The van der Waals surface area contributed by atoms with Gasteiger partial charge in [0.05, 0.1) is 0 Å². The summed E-state index contributed by atoms with van der Waals surface area (Å²) in [7, 11) is 0. The van der Waals surface area contributed by atoms with Crippen molar-refractivity contribution in [2.45, 2.75) is 22.9 Å². The van der Waals surface area contributed by atoms with Crippen LogP contribution in [0.1, 0.15) is 18.0 Å². The maximum atomic E-state index is 12.0. The first-order valence-corrected chi connectivity index (χ1v) is 5.45. The summed E-state index contributed by atoms with van der Waals surface area (Å²) >= 11 is -0.0736. The fourth-order valence-corrected chi connectivity index (χ4v) is 2.01. The van der Waals surface area contributed by atoms with Gasteiger partial charge in [0.2, 0.25) is 0 Å². The molecule has 0 unspecified atom stereocenters.